The summed E-state index contributed by atoms with van der Waals surface area (Å²) in [4.78, 5) is 30.0. The number of aliphatic hydroxyl groups is 1. The molecule has 0 spiro atoms. The van der Waals surface area contributed by atoms with E-state index >= 15 is 0 Å². The Morgan fingerprint density at radius 3 is 2.51 bits per heavy atom. The normalized spacial score (nSPS) is 15.0. The van der Waals surface area contributed by atoms with E-state index in [1.54, 1.807) is 61.5 Å². The number of benzene rings is 3. The number of rotatable bonds is 9. The van der Waals surface area contributed by atoms with Crippen molar-refractivity contribution in [3.05, 3.63) is 109 Å². The lowest BCUT2D eigenvalue weighted by molar-refractivity contribution is -0.138. The minimum atomic E-state index is -0.820. The third kappa shape index (κ3) is 7.19. The highest BCUT2D eigenvalue weighted by Gasteiger charge is 2.34. The van der Waals surface area contributed by atoms with E-state index in [4.69, 9.17) is 25.8 Å². The van der Waals surface area contributed by atoms with Crippen molar-refractivity contribution >= 4 is 62.3 Å². The zero-order chi connectivity index (χ0) is 29.5. The maximum absolute atomic E-state index is 14.1. The van der Waals surface area contributed by atoms with Gasteiger partial charge in [-0.2, -0.15) is 0 Å². The van der Waals surface area contributed by atoms with Gasteiger partial charge >= 0.3 is 5.97 Å². The first-order valence-corrected chi connectivity index (χ1v) is 14.4. The second-order valence-corrected chi connectivity index (χ2v) is 10.7. The van der Waals surface area contributed by atoms with Crippen LogP contribution in [-0.4, -0.2) is 35.2 Å². The number of halogens is 3. The quantitative estimate of drug-likeness (QED) is 0.233. The van der Waals surface area contributed by atoms with Crippen LogP contribution in [0, 0.1) is 5.82 Å². The highest BCUT2D eigenvalue weighted by molar-refractivity contribution is 9.10. The molecule has 41 heavy (non-hydrogen) atoms. The Kier molecular flexibility index (Phi) is 10.3. The lowest BCUT2D eigenvalue weighted by atomic mass is 10.1. The molecule has 0 aromatic heterocycles. The molecule has 7 nitrogen and oxygen atoms in total. The molecule has 1 N–H and O–H groups in total. The Bertz CT molecular complexity index is 1590. The summed E-state index contributed by atoms with van der Waals surface area (Å²) >= 11 is 10.6. The van der Waals surface area contributed by atoms with Crippen LogP contribution >= 0.6 is 39.3 Å². The van der Waals surface area contributed by atoms with E-state index < -0.39 is 11.9 Å². The molecule has 0 fully saturated rings. The summed E-state index contributed by atoms with van der Waals surface area (Å²) in [7, 11) is 0. The van der Waals surface area contributed by atoms with Gasteiger partial charge in [-0.15, -0.1) is 0 Å². The molecule has 11 heteroatoms. The van der Waals surface area contributed by atoms with Gasteiger partial charge in [0.25, 0.3) is 5.91 Å². The summed E-state index contributed by atoms with van der Waals surface area (Å²) in [5.41, 5.74) is 0.890. The van der Waals surface area contributed by atoms with Crippen molar-refractivity contribution < 1.29 is 33.3 Å². The fraction of sp³-hybridized carbons (Fsp3) is 0.167. The van der Waals surface area contributed by atoms with Crippen molar-refractivity contribution in [1.29, 1.82) is 0 Å². The smallest absolute Gasteiger partial charge is 0.344 e. The van der Waals surface area contributed by atoms with Crippen molar-refractivity contribution in [1.82, 2.24) is 0 Å². The second-order valence-electron chi connectivity index (χ2n) is 8.40. The molecule has 0 radical (unpaired) electrons. The largest absolute Gasteiger partial charge is 0.506 e. The molecular formula is C30H24BrClFNO6S. The van der Waals surface area contributed by atoms with E-state index in [2.05, 4.69) is 20.9 Å². The molecule has 212 valence electrons. The number of aliphatic hydroxyl groups excluding tert-OH is 1. The number of thioether (sulfide) groups is 1. The molecule has 0 saturated heterocycles. The summed E-state index contributed by atoms with van der Waals surface area (Å²) in [6.07, 6.45) is 1.61. The Morgan fingerprint density at radius 2 is 1.80 bits per heavy atom. The van der Waals surface area contributed by atoms with Crippen LogP contribution in [0.3, 0.4) is 0 Å². The van der Waals surface area contributed by atoms with Crippen LogP contribution in [0.5, 0.6) is 11.5 Å². The molecule has 0 aliphatic carbocycles. The van der Waals surface area contributed by atoms with Gasteiger partial charge in [0.15, 0.2) is 11.5 Å². The van der Waals surface area contributed by atoms with E-state index in [9.17, 15) is 19.1 Å². The molecule has 1 heterocycles. The van der Waals surface area contributed by atoms with E-state index in [0.717, 1.165) is 11.8 Å². The number of nitrogens with zero attached hydrogens (tertiary/aromatic N) is 1. The maximum atomic E-state index is 14.1. The van der Waals surface area contributed by atoms with Crippen molar-refractivity contribution in [2.45, 2.75) is 20.5 Å². The van der Waals surface area contributed by atoms with Crippen molar-refractivity contribution in [2.75, 3.05) is 13.2 Å². The number of carbonyl (C=O) groups excluding carboxylic acids is 2. The van der Waals surface area contributed by atoms with Crippen molar-refractivity contribution in [3.63, 3.8) is 0 Å². The SMILES string of the molecule is CCOC(=O)C1=C(O)/C(=C/c2cc(Br)c(OCc3ccccc3F)c(OCC)c2)SC1=NC(=O)c1ccccc1Cl. The first-order chi connectivity index (χ1) is 19.7. The molecule has 0 unspecified atom stereocenters. The summed E-state index contributed by atoms with van der Waals surface area (Å²) in [5.74, 6) is -1.51. The average Bonchev–Trinajstić information content (AvgIpc) is 3.23. The predicted molar refractivity (Wildman–Crippen MR) is 161 cm³/mol. The van der Waals surface area contributed by atoms with Gasteiger partial charge < -0.3 is 19.3 Å². The minimum absolute atomic E-state index is 0.0205. The lowest BCUT2D eigenvalue weighted by Crippen LogP contribution is -2.14. The molecule has 0 bridgehead atoms. The van der Waals surface area contributed by atoms with Crippen molar-refractivity contribution in [3.8, 4) is 11.5 Å². The third-order valence-corrected chi connectivity index (χ3v) is 7.58. The molecular weight excluding hydrogens is 637 g/mol. The zero-order valence-electron chi connectivity index (χ0n) is 21.9. The molecule has 0 atom stereocenters. The standard InChI is InChI=1S/C30H24BrClFNO6S/c1-3-38-23-14-17(13-20(31)27(23)40-16-18-9-5-8-12-22(18)33)15-24-26(35)25(30(37)39-4-2)29(41-24)34-28(36)19-10-6-7-11-21(19)32/h5-15,35H,3-4,16H2,1-2H3/b24-15-,34-29?. The number of aliphatic imine (C=N–C) groups is 1. The predicted octanol–water partition coefficient (Wildman–Crippen LogP) is 7.92. The first-order valence-electron chi connectivity index (χ1n) is 12.4. The van der Waals surface area contributed by atoms with E-state index in [1.807, 2.05) is 6.92 Å². The van der Waals surface area contributed by atoms with Gasteiger partial charge in [0.2, 0.25) is 0 Å². The molecule has 1 aliphatic heterocycles. The Balaban J connectivity index is 1.69. The number of hydrogen-bond donors (Lipinski definition) is 1. The van der Waals surface area contributed by atoms with Crippen LogP contribution in [0.2, 0.25) is 5.02 Å². The summed E-state index contributed by atoms with van der Waals surface area (Å²) in [5, 5.41) is 11.2. The highest BCUT2D eigenvalue weighted by atomic mass is 79.9. The van der Waals surface area contributed by atoms with Gasteiger partial charge in [-0.25, -0.2) is 14.2 Å². The van der Waals surface area contributed by atoms with Gasteiger partial charge in [-0.3, -0.25) is 4.79 Å². The number of carbonyl (C=O) groups is 2. The molecule has 1 aliphatic rings. The number of amides is 1. The lowest BCUT2D eigenvalue weighted by Gasteiger charge is -2.15. The molecule has 1 amide bonds. The fourth-order valence-electron chi connectivity index (χ4n) is 3.77. The zero-order valence-corrected chi connectivity index (χ0v) is 25.1. The second kappa shape index (κ2) is 13.8. The Labute approximate surface area is 253 Å². The highest BCUT2D eigenvalue weighted by Crippen LogP contribution is 2.42. The van der Waals surface area contributed by atoms with Gasteiger partial charge in [0, 0.05) is 5.56 Å². The van der Waals surface area contributed by atoms with Crippen LogP contribution in [0.25, 0.3) is 6.08 Å². The molecule has 3 aromatic rings. The monoisotopic (exact) mass is 659 g/mol. The Morgan fingerprint density at radius 1 is 1.07 bits per heavy atom. The van der Waals surface area contributed by atoms with E-state index in [0.29, 0.717) is 33.7 Å². The minimum Gasteiger partial charge on any atom is -0.506 e. The first kappa shape index (κ1) is 30.4. The van der Waals surface area contributed by atoms with Crippen LogP contribution < -0.4 is 9.47 Å². The fourth-order valence-corrected chi connectivity index (χ4v) is 5.57. The van der Waals surface area contributed by atoms with Crippen LogP contribution in [0.15, 0.2) is 86.4 Å². The molecule has 3 aromatic carbocycles. The molecule has 4 rings (SSSR count). The number of ether oxygens (including phenoxy) is 3. The van der Waals surface area contributed by atoms with Gasteiger partial charge in [0.1, 0.15) is 28.8 Å². The Hall–Kier alpha value is -3.60. The number of hydrogen-bond acceptors (Lipinski definition) is 7. The van der Waals surface area contributed by atoms with Gasteiger partial charge in [-0.05, 0) is 71.7 Å². The van der Waals surface area contributed by atoms with Crippen LogP contribution in [0.4, 0.5) is 4.39 Å². The summed E-state index contributed by atoms with van der Waals surface area (Å²) in [6.45, 7) is 3.81. The van der Waals surface area contributed by atoms with Crippen LogP contribution in [-0.2, 0) is 16.1 Å². The van der Waals surface area contributed by atoms with Crippen LogP contribution in [0.1, 0.15) is 35.3 Å². The number of esters is 1. The molecule has 0 saturated carbocycles. The topological polar surface area (TPSA) is 94.4 Å². The average molecular weight is 661 g/mol. The van der Waals surface area contributed by atoms with Gasteiger partial charge in [-0.1, -0.05) is 53.7 Å². The summed E-state index contributed by atoms with van der Waals surface area (Å²) in [6, 6.07) is 16.1. The van der Waals surface area contributed by atoms with Crippen molar-refractivity contribution in [2.24, 2.45) is 4.99 Å². The van der Waals surface area contributed by atoms with E-state index in [1.165, 1.54) is 12.1 Å². The third-order valence-electron chi connectivity index (χ3n) is 5.64. The maximum Gasteiger partial charge on any atom is 0.344 e. The van der Waals surface area contributed by atoms with Gasteiger partial charge in [0.05, 0.1) is 33.2 Å². The summed E-state index contributed by atoms with van der Waals surface area (Å²) < 4.78 is 31.4. The van der Waals surface area contributed by atoms with E-state index in [-0.39, 0.29) is 50.9 Å².